The molecular weight excluding hydrogens is 342 g/mol. The zero-order valence-corrected chi connectivity index (χ0v) is 16.1. The standard InChI is InChI=1S/C22H25NO4/c1-22(2,3)18-11-9-17(10-12-18)20(25)23-19(21(26)27-4)13-15-5-7-16(14-24)8-6-15/h5-12,14,19H,13H2,1-4H3,(H,23,25). The van der Waals surface area contributed by atoms with Gasteiger partial charge in [0.15, 0.2) is 0 Å². The number of methoxy groups -OCH3 is 1. The summed E-state index contributed by atoms with van der Waals surface area (Å²) in [6.07, 6.45) is 1.03. The van der Waals surface area contributed by atoms with Crippen molar-refractivity contribution >= 4 is 18.2 Å². The highest BCUT2D eigenvalue weighted by Gasteiger charge is 2.23. The number of hydrogen-bond donors (Lipinski definition) is 1. The van der Waals surface area contributed by atoms with Crippen molar-refractivity contribution in [1.29, 1.82) is 0 Å². The van der Waals surface area contributed by atoms with Gasteiger partial charge in [0.05, 0.1) is 7.11 Å². The van der Waals surface area contributed by atoms with Crippen molar-refractivity contribution in [1.82, 2.24) is 5.32 Å². The van der Waals surface area contributed by atoms with Gasteiger partial charge in [0.1, 0.15) is 12.3 Å². The van der Waals surface area contributed by atoms with Gasteiger partial charge in [-0.3, -0.25) is 9.59 Å². The van der Waals surface area contributed by atoms with Gasteiger partial charge in [-0.2, -0.15) is 0 Å². The molecule has 2 aromatic rings. The van der Waals surface area contributed by atoms with Crippen molar-refractivity contribution in [3.63, 3.8) is 0 Å². The maximum atomic E-state index is 12.6. The molecule has 0 saturated heterocycles. The Hall–Kier alpha value is -2.95. The summed E-state index contributed by atoms with van der Waals surface area (Å²) in [4.78, 5) is 35.4. The van der Waals surface area contributed by atoms with Crippen LogP contribution in [0.15, 0.2) is 48.5 Å². The average molecular weight is 367 g/mol. The number of rotatable bonds is 6. The Kier molecular flexibility index (Phi) is 6.50. The normalized spacial score (nSPS) is 12.1. The lowest BCUT2D eigenvalue weighted by atomic mass is 9.86. The highest BCUT2D eigenvalue weighted by molar-refractivity contribution is 5.96. The number of esters is 1. The molecular formula is C22H25NO4. The first kappa shape index (κ1) is 20.4. The summed E-state index contributed by atoms with van der Waals surface area (Å²) in [5.41, 5.74) is 2.97. The fourth-order valence-electron chi connectivity index (χ4n) is 2.67. The van der Waals surface area contributed by atoms with Gasteiger partial charge in [0.25, 0.3) is 5.91 Å². The van der Waals surface area contributed by atoms with E-state index in [1.165, 1.54) is 7.11 Å². The van der Waals surface area contributed by atoms with Gasteiger partial charge in [-0.15, -0.1) is 0 Å². The molecule has 5 nitrogen and oxygen atoms in total. The fraction of sp³-hybridized carbons (Fsp3) is 0.318. The molecule has 0 aliphatic heterocycles. The third-order valence-electron chi connectivity index (χ3n) is 4.36. The van der Waals surface area contributed by atoms with Gasteiger partial charge >= 0.3 is 5.97 Å². The molecule has 0 saturated carbocycles. The van der Waals surface area contributed by atoms with Crippen LogP contribution in [0.5, 0.6) is 0 Å². The Bertz CT molecular complexity index is 802. The van der Waals surface area contributed by atoms with E-state index in [4.69, 9.17) is 4.74 Å². The molecule has 1 N–H and O–H groups in total. The van der Waals surface area contributed by atoms with Gasteiger partial charge in [-0.25, -0.2) is 4.79 Å². The van der Waals surface area contributed by atoms with Crippen molar-refractivity contribution in [2.75, 3.05) is 7.11 Å². The van der Waals surface area contributed by atoms with E-state index in [1.54, 1.807) is 36.4 Å². The first-order chi connectivity index (χ1) is 12.7. The SMILES string of the molecule is COC(=O)C(Cc1ccc(C=O)cc1)NC(=O)c1ccc(C(C)(C)C)cc1. The minimum Gasteiger partial charge on any atom is -0.467 e. The average Bonchev–Trinajstić information content (AvgIpc) is 2.66. The lowest BCUT2D eigenvalue weighted by molar-refractivity contribution is -0.142. The number of ether oxygens (including phenoxy) is 1. The molecule has 0 heterocycles. The number of aldehydes is 1. The molecule has 0 aliphatic rings. The molecule has 0 fully saturated rings. The molecule has 0 spiro atoms. The van der Waals surface area contributed by atoms with Crippen LogP contribution < -0.4 is 5.32 Å². The second-order valence-electron chi connectivity index (χ2n) is 7.44. The second-order valence-corrected chi connectivity index (χ2v) is 7.44. The minimum absolute atomic E-state index is 0.00274. The Morgan fingerprint density at radius 3 is 2.11 bits per heavy atom. The first-order valence-electron chi connectivity index (χ1n) is 8.78. The maximum absolute atomic E-state index is 12.6. The van der Waals surface area contributed by atoms with Crippen LogP contribution in [-0.2, 0) is 21.4 Å². The third kappa shape index (κ3) is 5.51. The van der Waals surface area contributed by atoms with E-state index in [0.29, 0.717) is 11.1 Å². The molecule has 0 bridgehead atoms. The quantitative estimate of drug-likeness (QED) is 0.628. The van der Waals surface area contributed by atoms with Crippen LogP contribution in [0.2, 0.25) is 0 Å². The van der Waals surface area contributed by atoms with Crippen LogP contribution >= 0.6 is 0 Å². The highest BCUT2D eigenvalue weighted by atomic mass is 16.5. The fourth-order valence-corrected chi connectivity index (χ4v) is 2.67. The number of benzene rings is 2. The maximum Gasteiger partial charge on any atom is 0.328 e. The molecule has 1 unspecified atom stereocenters. The monoisotopic (exact) mass is 367 g/mol. The summed E-state index contributed by atoms with van der Waals surface area (Å²) >= 11 is 0. The summed E-state index contributed by atoms with van der Waals surface area (Å²) in [5.74, 6) is -0.857. The van der Waals surface area contributed by atoms with E-state index in [-0.39, 0.29) is 17.7 Å². The lowest BCUT2D eigenvalue weighted by Gasteiger charge is -2.20. The number of carbonyl (C=O) groups excluding carboxylic acids is 3. The Morgan fingerprint density at radius 1 is 1.04 bits per heavy atom. The van der Waals surface area contributed by atoms with Crippen molar-refractivity contribution in [2.24, 2.45) is 0 Å². The van der Waals surface area contributed by atoms with Crippen molar-refractivity contribution in [2.45, 2.75) is 38.6 Å². The Morgan fingerprint density at radius 2 is 1.63 bits per heavy atom. The molecule has 1 atom stereocenters. The van der Waals surface area contributed by atoms with E-state index in [9.17, 15) is 14.4 Å². The molecule has 1 amide bonds. The van der Waals surface area contributed by atoms with Crippen molar-refractivity contribution < 1.29 is 19.1 Å². The molecule has 27 heavy (non-hydrogen) atoms. The number of hydrogen-bond acceptors (Lipinski definition) is 4. The third-order valence-corrected chi connectivity index (χ3v) is 4.36. The van der Waals surface area contributed by atoms with Gasteiger partial charge in [-0.1, -0.05) is 57.2 Å². The second kappa shape index (κ2) is 8.62. The number of nitrogens with one attached hydrogen (secondary N) is 1. The highest BCUT2D eigenvalue weighted by Crippen LogP contribution is 2.22. The summed E-state index contributed by atoms with van der Waals surface area (Å²) < 4.78 is 4.82. The smallest absolute Gasteiger partial charge is 0.328 e. The molecule has 0 radical (unpaired) electrons. The van der Waals surface area contributed by atoms with Crippen LogP contribution in [0.1, 0.15) is 52.6 Å². The number of amides is 1. The summed E-state index contributed by atoms with van der Waals surface area (Å²) in [7, 11) is 1.29. The molecule has 0 aromatic heterocycles. The summed E-state index contributed by atoms with van der Waals surface area (Å²) in [6, 6.07) is 13.4. The van der Waals surface area contributed by atoms with Gasteiger partial charge in [0.2, 0.25) is 0 Å². The van der Waals surface area contributed by atoms with E-state index in [2.05, 4.69) is 26.1 Å². The van der Waals surface area contributed by atoms with Crippen LogP contribution in [0.3, 0.4) is 0 Å². The minimum atomic E-state index is -0.813. The van der Waals surface area contributed by atoms with Crippen molar-refractivity contribution in [3.8, 4) is 0 Å². The van der Waals surface area contributed by atoms with Crippen molar-refractivity contribution in [3.05, 3.63) is 70.8 Å². The van der Waals surface area contributed by atoms with E-state index in [1.807, 2.05) is 12.1 Å². The van der Waals surface area contributed by atoms with Gasteiger partial charge in [0, 0.05) is 17.5 Å². The van der Waals surface area contributed by atoms with E-state index < -0.39 is 12.0 Å². The van der Waals surface area contributed by atoms with Crippen LogP contribution in [-0.4, -0.2) is 31.3 Å². The molecule has 142 valence electrons. The summed E-state index contributed by atoms with van der Waals surface area (Å²) in [5, 5.41) is 2.74. The van der Waals surface area contributed by atoms with E-state index in [0.717, 1.165) is 17.4 Å². The number of carbonyl (C=O) groups is 3. The first-order valence-corrected chi connectivity index (χ1v) is 8.78. The lowest BCUT2D eigenvalue weighted by Crippen LogP contribution is -2.43. The van der Waals surface area contributed by atoms with E-state index >= 15 is 0 Å². The summed E-state index contributed by atoms with van der Waals surface area (Å²) in [6.45, 7) is 6.31. The predicted molar refractivity (Wildman–Crippen MR) is 104 cm³/mol. The van der Waals surface area contributed by atoms with Gasteiger partial charge < -0.3 is 10.1 Å². The zero-order valence-electron chi connectivity index (χ0n) is 16.1. The zero-order chi connectivity index (χ0) is 20.0. The predicted octanol–water partition coefficient (Wildman–Crippen LogP) is 3.31. The largest absolute Gasteiger partial charge is 0.467 e. The molecule has 5 heteroatoms. The van der Waals surface area contributed by atoms with Crippen LogP contribution in [0.4, 0.5) is 0 Å². The molecule has 0 aliphatic carbocycles. The Labute approximate surface area is 159 Å². The molecule has 2 aromatic carbocycles. The van der Waals surface area contributed by atoms with Crippen LogP contribution in [0.25, 0.3) is 0 Å². The Balaban J connectivity index is 2.13. The van der Waals surface area contributed by atoms with Gasteiger partial charge in [-0.05, 0) is 28.7 Å². The van der Waals surface area contributed by atoms with Crippen LogP contribution in [0, 0.1) is 0 Å². The topological polar surface area (TPSA) is 72.5 Å². The molecule has 2 rings (SSSR count).